The fourth-order valence-corrected chi connectivity index (χ4v) is 5.46. The van der Waals surface area contributed by atoms with Crippen molar-refractivity contribution >= 4 is 45.9 Å². The normalized spacial score (nSPS) is 17.8. The van der Waals surface area contributed by atoms with Crippen molar-refractivity contribution in [1.29, 1.82) is 0 Å². The number of halogens is 1. The number of guanidine groups is 1. The Morgan fingerprint density at radius 2 is 1.62 bits per heavy atom. The zero-order chi connectivity index (χ0) is 21.7. The van der Waals surface area contributed by atoms with Crippen molar-refractivity contribution in [2.75, 3.05) is 51.2 Å². The van der Waals surface area contributed by atoms with Crippen LogP contribution in [-0.2, 0) is 16.6 Å². The van der Waals surface area contributed by atoms with Crippen molar-refractivity contribution in [3.8, 4) is 0 Å². The van der Waals surface area contributed by atoms with Crippen LogP contribution in [0.2, 0.25) is 0 Å². The van der Waals surface area contributed by atoms with E-state index < -0.39 is 10.0 Å². The average molecular weight is 571 g/mol. The molecule has 174 valence electrons. The highest BCUT2D eigenvalue weighted by molar-refractivity contribution is 14.0. The van der Waals surface area contributed by atoms with Gasteiger partial charge in [-0.3, -0.25) is 4.99 Å². The fraction of sp³-hybridized carbons (Fsp3) is 0.476. The number of nitrogens with one attached hydrogen (secondary N) is 1. The summed E-state index contributed by atoms with van der Waals surface area (Å²) in [5.41, 5.74) is 1.01. The number of aliphatic imine (C=N–C) groups is 1. The monoisotopic (exact) mass is 571 g/mol. The van der Waals surface area contributed by atoms with Crippen molar-refractivity contribution in [3.63, 3.8) is 0 Å². The number of anilines is 1. The number of piperazine rings is 1. The van der Waals surface area contributed by atoms with Gasteiger partial charge in [0.1, 0.15) is 0 Å². The first-order valence-electron chi connectivity index (χ1n) is 10.6. The van der Waals surface area contributed by atoms with E-state index in [-0.39, 0.29) is 24.0 Å². The van der Waals surface area contributed by atoms with Crippen LogP contribution >= 0.6 is 24.0 Å². The minimum atomic E-state index is -3.37. The van der Waals surface area contributed by atoms with E-state index in [1.54, 1.807) is 35.9 Å². The van der Waals surface area contributed by atoms with Crippen LogP contribution in [0.3, 0.4) is 0 Å². The van der Waals surface area contributed by atoms with Gasteiger partial charge in [0, 0.05) is 65.3 Å². The highest BCUT2D eigenvalue weighted by Crippen LogP contribution is 2.21. The molecule has 1 N–H and O–H groups in total. The van der Waals surface area contributed by atoms with Crippen molar-refractivity contribution in [1.82, 2.24) is 24.5 Å². The molecule has 0 unspecified atom stereocenters. The summed E-state index contributed by atoms with van der Waals surface area (Å²) in [6.07, 6.45) is 5.40. The Morgan fingerprint density at radius 3 is 2.22 bits per heavy atom. The molecule has 9 nitrogen and oxygen atoms in total. The number of hydrogen-bond acceptors (Lipinski definition) is 6. The largest absolute Gasteiger partial charge is 0.352 e. The first kappa shape index (κ1) is 24.6. The van der Waals surface area contributed by atoms with E-state index in [1.165, 1.54) is 0 Å². The third-order valence-corrected chi connectivity index (χ3v) is 7.62. The molecule has 1 aromatic carbocycles. The third-order valence-electron chi connectivity index (χ3n) is 5.70. The Morgan fingerprint density at radius 1 is 1.00 bits per heavy atom. The van der Waals surface area contributed by atoms with E-state index in [4.69, 9.17) is 0 Å². The number of aromatic nitrogens is 2. The quantitative estimate of drug-likeness (QED) is 0.332. The zero-order valence-corrected chi connectivity index (χ0v) is 21.4. The molecule has 0 atom stereocenters. The number of hydrogen-bond donors (Lipinski definition) is 1. The topological polar surface area (TPSA) is 94.0 Å². The Balaban J connectivity index is 0.00000289. The number of nitrogens with zero attached hydrogens (tertiary/aromatic N) is 6. The Labute approximate surface area is 207 Å². The minimum Gasteiger partial charge on any atom is -0.352 e. The van der Waals surface area contributed by atoms with Crippen LogP contribution in [0, 0.1) is 0 Å². The Kier molecular flexibility index (Phi) is 8.65. The molecule has 0 spiro atoms. The van der Waals surface area contributed by atoms with Gasteiger partial charge in [-0.15, -0.1) is 24.0 Å². The van der Waals surface area contributed by atoms with E-state index in [1.807, 2.05) is 18.2 Å². The highest BCUT2D eigenvalue weighted by atomic mass is 127. The van der Waals surface area contributed by atoms with Gasteiger partial charge in [0.15, 0.2) is 5.96 Å². The molecule has 0 aliphatic carbocycles. The summed E-state index contributed by atoms with van der Waals surface area (Å²) in [5, 5.41) is 3.39. The molecule has 0 radical (unpaired) electrons. The van der Waals surface area contributed by atoms with E-state index in [9.17, 15) is 8.42 Å². The maximum Gasteiger partial charge on any atom is 0.243 e. The fourth-order valence-electron chi connectivity index (χ4n) is 3.94. The van der Waals surface area contributed by atoms with E-state index in [0.29, 0.717) is 24.5 Å². The molecule has 2 saturated heterocycles. The van der Waals surface area contributed by atoms with Crippen molar-refractivity contribution < 1.29 is 8.42 Å². The van der Waals surface area contributed by atoms with Crippen LogP contribution in [0.25, 0.3) is 0 Å². The molecule has 2 aliphatic rings. The molecule has 32 heavy (non-hydrogen) atoms. The maximum absolute atomic E-state index is 12.7. The molecular weight excluding hydrogens is 541 g/mol. The van der Waals surface area contributed by atoms with Gasteiger partial charge in [-0.1, -0.05) is 12.1 Å². The Bertz CT molecular complexity index is 989. The average Bonchev–Trinajstić information content (AvgIpc) is 3.37. The maximum atomic E-state index is 12.7. The van der Waals surface area contributed by atoms with Crippen LogP contribution in [0.15, 0.2) is 52.6 Å². The van der Waals surface area contributed by atoms with E-state index in [0.717, 1.165) is 56.5 Å². The summed E-state index contributed by atoms with van der Waals surface area (Å²) >= 11 is 0. The highest BCUT2D eigenvalue weighted by Gasteiger charge is 2.27. The van der Waals surface area contributed by atoms with Crippen LogP contribution in [0.4, 0.5) is 5.95 Å². The molecular formula is C21H30IN7O2S. The predicted octanol–water partition coefficient (Wildman–Crippen LogP) is 1.78. The van der Waals surface area contributed by atoms with Gasteiger partial charge in [0.05, 0.1) is 4.90 Å². The van der Waals surface area contributed by atoms with E-state index in [2.05, 4.69) is 30.1 Å². The molecule has 2 fully saturated rings. The van der Waals surface area contributed by atoms with Gasteiger partial charge >= 0.3 is 0 Å². The summed E-state index contributed by atoms with van der Waals surface area (Å²) in [6.45, 7) is 5.12. The first-order valence-corrected chi connectivity index (χ1v) is 12.1. The molecule has 0 saturated carbocycles. The lowest BCUT2D eigenvalue weighted by Crippen LogP contribution is -2.52. The number of benzene rings is 1. The van der Waals surface area contributed by atoms with Gasteiger partial charge in [-0.25, -0.2) is 18.4 Å². The summed E-state index contributed by atoms with van der Waals surface area (Å²) < 4.78 is 26.9. The number of rotatable bonds is 5. The van der Waals surface area contributed by atoms with Gasteiger partial charge < -0.3 is 15.1 Å². The van der Waals surface area contributed by atoms with E-state index >= 15 is 0 Å². The summed E-state index contributed by atoms with van der Waals surface area (Å²) in [7, 11) is -1.59. The van der Waals surface area contributed by atoms with Gasteiger partial charge in [0.2, 0.25) is 16.0 Å². The van der Waals surface area contributed by atoms with Crippen LogP contribution in [0.1, 0.15) is 18.4 Å². The molecule has 3 heterocycles. The summed E-state index contributed by atoms with van der Waals surface area (Å²) in [5.74, 6) is 1.59. The minimum absolute atomic E-state index is 0. The van der Waals surface area contributed by atoms with Gasteiger partial charge in [-0.2, -0.15) is 4.31 Å². The molecule has 2 aliphatic heterocycles. The summed E-state index contributed by atoms with van der Waals surface area (Å²) in [4.78, 5) is 17.8. The standard InChI is InChI=1S/C21H29N7O2S.HI/c1-22-20(26-13-15-27(16-14-26)21-23-9-4-10-24-21)25-17-18-5-7-19(8-6-18)31(29,30)28-11-2-3-12-28;/h4-10H,2-3,11-17H2,1H3,(H,22,25);1H. The summed E-state index contributed by atoms with van der Waals surface area (Å²) in [6, 6.07) is 8.96. The zero-order valence-electron chi connectivity index (χ0n) is 18.2. The second-order valence-electron chi connectivity index (χ2n) is 7.68. The first-order chi connectivity index (χ1) is 15.1. The van der Waals surface area contributed by atoms with Gasteiger partial charge in [0.25, 0.3) is 0 Å². The van der Waals surface area contributed by atoms with Crippen LogP contribution < -0.4 is 10.2 Å². The second-order valence-corrected chi connectivity index (χ2v) is 9.62. The van der Waals surface area contributed by atoms with Crippen LogP contribution in [-0.4, -0.2) is 79.9 Å². The molecule has 0 amide bonds. The molecule has 11 heteroatoms. The van der Waals surface area contributed by atoms with Crippen LogP contribution in [0.5, 0.6) is 0 Å². The lowest BCUT2D eigenvalue weighted by Gasteiger charge is -2.36. The lowest BCUT2D eigenvalue weighted by molar-refractivity contribution is 0.370. The smallest absolute Gasteiger partial charge is 0.243 e. The van der Waals surface area contributed by atoms with Gasteiger partial charge in [-0.05, 0) is 36.6 Å². The predicted molar refractivity (Wildman–Crippen MR) is 136 cm³/mol. The second kappa shape index (κ2) is 11.2. The molecule has 1 aromatic heterocycles. The Hall–Kier alpha value is -1.99. The van der Waals surface area contributed by atoms with Crippen molar-refractivity contribution in [2.45, 2.75) is 24.3 Å². The third kappa shape index (κ3) is 5.67. The number of sulfonamides is 1. The SMILES string of the molecule is CN=C(NCc1ccc(S(=O)(=O)N2CCCC2)cc1)N1CCN(c2ncccn2)CC1.I. The van der Waals surface area contributed by atoms with Crippen molar-refractivity contribution in [3.05, 3.63) is 48.3 Å². The molecule has 4 rings (SSSR count). The lowest BCUT2D eigenvalue weighted by atomic mass is 10.2. The molecule has 0 bridgehead atoms. The van der Waals surface area contributed by atoms with Crippen molar-refractivity contribution in [2.24, 2.45) is 4.99 Å². The molecule has 2 aromatic rings.